The highest BCUT2D eigenvalue weighted by molar-refractivity contribution is 5.39. The molecule has 82 valence electrons. The molecule has 0 saturated heterocycles. The molecule has 1 aromatic heterocycles. The summed E-state index contributed by atoms with van der Waals surface area (Å²) in [5, 5.41) is 22.3. The zero-order valence-electron chi connectivity index (χ0n) is 8.38. The minimum Gasteiger partial charge on any atom is -0.393 e. The average molecular weight is 211 g/mol. The SMILES string of the molecule is CC(O)CCNc1ccc([N+](=O)[O-])cn1. The number of aliphatic hydroxyl groups is 1. The molecule has 15 heavy (non-hydrogen) atoms. The van der Waals surface area contributed by atoms with E-state index in [2.05, 4.69) is 10.3 Å². The fourth-order valence-corrected chi connectivity index (χ4v) is 1.01. The van der Waals surface area contributed by atoms with Crippen molar-refractivity contribution in [2.24, 2.45) is 0 Å². The molecule has 0 bridgehead atoms. The summed E-state index contributed by atoms with van der Waals surface area (Å²) < 4.78 is 0. The number of hydrogen-bond acceptors (Lipinski definition) is 5. The van der Waals surface area contributed by atoms with Crippen molar-refractivity contribution in [1.82, 2.24) is 4.98 Å². The van der Waals surface area contributed by atoms with Crippen LogP contribution in [0.15, 0.2) is 18.3 Å². The molecular formula is C9H13N3O3. The van der Waals surface area contributed by atoms with Gasteiger partial charge < -0.3 is 10.4 Å². The summed E-state index contributed by atoms with van der Waals surface area (Å²) in [6.45, 7) is 2.29. The predicted octanol–water partition coefficient (Wildman–Crippen LogP) is 1.17. The highest BCUT2D eigenvalue weighted by Crippen LogP contribution is 2.11. The lowest BCUT2D eigenvalue weighted by Gasteiger charge is -2.06. The minimum absolute atomic E-state index is 0.0314. The summed E-state index contributed by atoms with van der Waals surface area (Å²) in [5.74, 6) is 0.571. The van der Waals surface area contributed by atoms with Crippen LogP contribution in [0.5, 0.6) is 0 Å². The van der Waals surface area contributed by atoms with Gasteiger partial charge in [0.1, 0.15) is 12.0 Å². The van der Waals surface area contributed by atoms with Crippen molar-refractivity contribution in [3.63, 3.8) is 0 Å². The van der Waals surface area contributed by atoms with Crippen LogP contribution in [-0.4, -0.2) is 27.7 Å². The van der Waals surface area contributed by atoms with Crippen LogP contribution in [0.4, 0.5) is 11.5 Å². The van der Waals surface area contributed by atoms with Gasteiger partial charge in [0.05, 0.1) is 11.0 Å². The molecule has 0 aliphatic heterocycles. The summed E-state index contributed by atoms with van der Waals surface area (Å²) >= 11 is 0. The van der Waals surface area contributed by atoms with Gasteiger partial charge >= 0.3 is 0 Å². The van der Waals surface area contributed by atoms with Crippen LogP contribution in [0.2, 0.25) is 0 Å². The van der Waals surface area contributed by atoms with Crippen LogP contribution >= 0.6 is 0 Å². The Balaban J connectivity index is 2.46. The molecule has 0 aliphatic carbocycles. The molecule has 0 aromatic carbocycles. The largest absolute Gasteiger partial charge is 0.393 e. The van der Waals surface area contributed by atoms with Crippen LogP contribution in [-0.2, 0) is 0 Å². The van der Waals surface area contributed by atoms with Crippen molar-refractivity contribution in [2.75, 3.05) is 11.9 Å². The zero-order chi connectivity index (χ0) is 11.3. The second kappa shape index (κ2) is 5.26. The van der Waals surface area contributed by atoms with E-state index in [1.54, 1.807) is 13.0 Å². The van der Waals surface area contributed by atoms with Gasteiger partial charge in [-0.3, -0.25) is 10.1 Å². The number of rotatable bonds is 5. The van der Waals surface area contributed by atoms with Gasteiger partial charge in [0.25, 0.3) is 5.69 Å². The van der Waals surface area contributed by atoms with E-state index in [0.717, 1.165) is 0 Å². The van der Waals surface area contributed by atoms with E-state index >= 15 is 0 Å². The van der Waals surface area contributed by atoms with Crippen molar-refractivity contribution >= 4 is 11.5 Å². The summed E-state index contributed by atoms with van der Waals surface area (Å²) in [6, 6.07) is 2.93. The highest BCUT2D eigenvalue weighted by Gasteiger charge is 2.04. The van der Waals surface area contributed by atoms with Gasteiger partial charge in [-0.1, -0.05) is 0 Å². The van der Waals surface area contributed by atoms with E-state index < -0.39 is 4.92 Å². The zero-order valence-corrected chi connectivity index (χ0v) is 8.38. The van der Waals surface area contributed by atoms with Crippen LogP contribution in [0.3, 0.4) is 0 Å². The van der Waals surface area contributed by atoms with E-state index in [1.165, 1.54) is 12.3 Å². The fraction of sp³-hybridized carbons (Fsp3) is 0.444. The van der Waals surface area contributed by atoms with E-state index in [1.807, 2.05) is 0 Å². The average Bonchev–Trinajstić information content (AvgIpc) is 2.18. The Morgan fingerprint density at radius 1 is 1.67 bits per heavy atom. The maximum Gasteiger partial charge on any atom is 0.287 e. The Labute approximate surface area is 87.1 Å². The normalized spacial score (nSPS) is 12.1. The number of aromatic nitrogens is 1. The molecule has 1 rings (SSSR count). The van der Waals surface area contributed by atoms with Gasteiger partial charge in [0.2, 0.25) is 0 Å². The van der Waals surface area contributed by atoms with Crippen LogP contribution < -0.4 is 5.32 Å². The second-order valence-electron chi connectivity index (χ2n) is 3.22. The first-order chi connectivity index (χ1) is 7.09. The van der Waals surface area contributed by atoms with Gasteiger partial charge in [-0.2, -0.15) is 0 Å². The van der Waals surface area contributed by atoms with Gasteiger partial charge in [-0.15, -0.1) is 0 Å². The maximum atomic E-state index is 10.3. The summed E-state index contributed by atoms with van der Waals surface area (Å²) in [6.07, 6.45) is 1.44. The first-order valence-electron chi connectivity index (χ1n) is 4.62. The van der Waals surface area contributed by atoms with E-state index in [0.29, 0.717) is 18.8 Å². The van der Waals surface area contributed by atoms with Gasteiger partial charge in [0, 0.05) is 12.6 Å². The lowest BCUT2D eigenvalue weighted by molar-refractivity contribution is -0.385. The second-order valence-corrected chi connectivity index (χ2v) is 3.22. The Kier molecular flexibility index (Phi) is 3.99. The van der Waals surface area contributed by atoms with Crippen molar-refractivity contribution in [1.29, 1.82) is 0 Å². The van der Waals surface area contributed by atoms with Crippen LogP contribution in [0.25, 0.3) is 0 Å². The van der Waals surface area contributed by atoms with E-state index in [9.17, 15) is 10.1 Å². The highest BCUT2D eigenvalue weighted by atomic mass is 16.6. The summed E-state index contributed by atoms with van der Waals surface area (Å²) in [4.78, 5) is 13.7. The third kappa shape index (κ3) is 3.90. The number of nitro groups is 1. The van der Waals surface area contributed by atoms with Gasteiger partial charge in [-0.05, 0) is 19.4 Å². The number of hydrogen-bond donors (Lipinski definition) is 2. The van der Waals surface area contributed by atoms with Gasteiger partial charge in [0.15, 0.2) is 0 Å². The van der Waals surface area contributed by atoms with E-state index in [-0.39, 0.29) is 11.8 Å². The van der Waals surface area contributed by atoms with Gasteiger partial charge in [-0.25, -0.2) is 4.98 Å². The molecule has 1 heterocycles. The quantitative estimate of drug-likeness (QED) is 0.563. The van der Waals surface area contributed by atoms with Crippen molar-refractivity contribution < 1.29 is 10.0 Å². The predicted molar refractivity (Wildman–Crippen MR) is 55.7 cm³/mol. The molecule has 0 aliphatic rings. The molecule has 0 radical (unpaired) electrons. The monoisotopic (exact) mass is 211 g/mol. The first-order valence-corrected chi connectivity index (χ1v) is 4.62. The lowest BCUT2D eigenvalue weighted by atomic mass is 10.3. The Morgan fingerprint density at radius 3 is 2.87 bits per heavy atom. The molecule has 6 nitrogen and oxygen atoms in total. The number of nitrogens with zero attached hydrogens (tertiary/aromatic N) is 2. The number of nitrogens with one attached hydrogen (secondary N) is 1. The lowest BCUT2D eigenvalue weighted by Crippen LogP contribution is -2.10. The Hall–Kier alpha value is -1.69. The maximum absolute atomic E-state index is 10.3. The minimum atomic E-state index is -0.493. The number of pyridine rings is 1. The molecule has 0 saturated carbocycles. The van der Waals surface area contributed by atoms with Crippen molar-refractivity contribution in [3.05, 3.63) is 28.4 Å². The smallest absolute Gasteiger partial charge is 0.287 e. The molecule has 0 amide bonds. The number of anilines is 1. The third-order valence-electron chi connectivity index (χ3n) is 1.83. The fourth-order valence-electron chi connectivity index (χ4n) is 1.01. The molecule has 6 heteroatoms. The summed E-state index contributed by atoms with van der Waals surface area (Å²) in [5.41, 5.74) is -0.0314. The molecule has 1 atom stereocenters. The topological polar surface area (TPSA) is 88.3 Å². The molecular weight excluding hydrogens is 198 g/mol. The van der Waals surface area contributed by atoms with E-state index in [4.69, 9.17) is 5.11 Å². The first kappa shape index (κ1) is 11.4. The van der Waals surface area contributed by atoms with Crippen molar-refractivity contribution in [3.8, 4) is 0 Å². The summed E-state index contributed by atoms with van der Waals surface area (Å²) in [7, 11) is 0. The standard InChI is InChI=1S/C9H13N3O3/c1-7(13)4-5-10-9-3-2-8(6-11-9)12(14)15/h2-3,6-7,13H,4-5H2,1H3,(H,10,11). The van der Waals surface area contributed by atoms with Crippen molar-refractivity contribution in [2.45, 2.75) is 19.4 Å². The molecule has 0 spiro atoms. The Morgan fingerprint density at radius 2 is 2.40 bits per heavy atom. The van der Waals surface area contributed by atoms with Crippen LogP contribution in [0, 0.1) is 10.1 Å². The molecule has 1 aromatic rings. The molecule has 1 unspecified atom stereocenters. The molecule has 2 N–H and O–H groups in total. The molecule has 0 fully saturated rings. The number of aliphatic hydroxyl groups excluding tert-OH is 1. The Bertz CT molecular complexity index is 324. The van der Waals surface area contributed by atoms with Crippen LogP contribution in [0.1, 0.15) is 13.3 Å². The third-order valence-corrected chi connectivity index (χ3v) is 1.83.